The first kappa shape index (κ1) is 31.0. The summed E-state index contributed by atoms with van der Waals surface area (Å²) in [6.45, 7) is 15.6. The Kier molecular flexibility index (Phi) is 9.80. The first-order chi connectivity index (χ1) is 18.1. The van der Waals surface area contributed by atoms with Gasteiger partial charge in [0.05, 0.1) is 27.9 Å². The number of nitrogens with zero attached hydrogens (tertiary/aromatic N) is 2. The second-order valence-corrected chi connectivity index (χ2v) is 17.9. The molecule has 3 rings (SSSR count). The Balaban J connectivity index is 1.58. The highest BCUT2D eigenvalue weighted by atomic mass is 28.3. The fraction of sp³-hybridized carbons (Fsp3) is 0.621. The molecule has 2 aromatic rings. The van der Waals surface area contributed by atoms with E-state index in [-0.39, 0.29) is 42.0 Å². The largest absolute Gasteiger partial charge is 0.394 e. The van der Waals surface area contributed by atoms with Gasteiger partial charge >= 0.3 is 5.69 Å². The quantitative estimate of drug-likeness (QED) is 0.318. The van der Waals surface area contributed by atoms with E-state index in [1.54, 1.807) is 6.92 Å². The lowest BCUT2D eigenvalue weighted by atomic mass is 10.1. The van der Waals surface area contributed by atoms with Crippen molar-refractivity contribution in [3.05, 3.63) is 62.4 Å². The number of hydrogen-bond donors (Lipinski definition) is 3. The minimum absolute atomic E-state index is 0.111. The van der Waals surface area contributed by atoms with Crippen LogP contribution in [0.2, 0.25) is 10.1 Å². The maximum Gasteiger partial charge on any atom is 0.333 e. The molecule has 0 radical (unpaired) electrons. The van der Waals surface area contributed by atoms with Crippen LogP contribution >= 0.6 is 0 Å². The molecule has 9 nitrogen and oxygen atoms in total. The van der Waals surface area contributed by atoms with Crippen molar-refractivity contribution in [3.63, 3.8) is 0 Å². The number of carbonyl (C=O) groups is 1. The van der Waals surface area contributed by atoms with Crippen molar-refractivity contribution in [1.82, 2.24) is 14.5 Å². The summed E-state index contributed by atoms with van der Waals surface area (Å²) < 4.78 is 8.03. The molecule has 1 amide bonds. The molecule has 1 aliphatic heterocycles. The zero-order chi connectivity index (χ0) is 29.1. The second-order valence-electron chi connectivity index (χ2n) is 12.9. The van der Waals surface area contributed by atoms with Gasteiger partial charge in [-0.3, -0.25) is 18.7 Å². The number of benzene rings is 1. The molecule has 2 heterocycles. The van der Waals surface area contributed by atoms with Crippen LogP contribution in [-0.4, -0.2) is 59.4 Å². The van der Waals surface area contributed by atoms with E-state index in [9.17, 15) is 24.6 Å². The third-order valence-corrected chi connectivity index (χ3v) is 11.9. The van der Waals surface area contributed by atoms with Gasteiger partial charge in [-0.25, -0.2) is 4.79 Å². The first-order valence-corrected chi connectivity index (χ1v) is 15.5. The van der Waals surface area contributed by atoms with Crippen LogP contribution in [0.5, 0.6) is 0 Å². The maximum absolute atomic E-state index is 13.0. The summed E-state index contributed by atoms with van der Waals surface area (Å²) in [4.78, 5) is 38.2. The van der Waals surface area contributed by atoms with E-state index in [0.717, 1.165) is 10.1 Å². The minimum Gasteiger partial charge on any atom is -0.394 e. The molecule has 1 saturated heterocycles. The van der Waals surface area contributed by atoms with Crippen LogP contribution in [0.1, 0.15) is 71.7 Å². The second kappa shape index (κ2) is 12.3. The Labute approximate surface area is 232 Å². The molecule has 0 bridgehead atoms. The molecule has 1 aromatic heterocycles. The van der Waals surface area contributed by atoms with E-state index >= 15 is 0 Å². The van der Waals surface area contributed by atoms with Crippen LogP contribution in [0, 0.1) is 6.92 Å². The topological polar surface area (TPSA) is 123 Å². The summed E-state index contributed by atoms with van der Waals surface area (Å²) in [5.74, 6) is -0.111. The molecule has 39 heavy (non-hydrogen) atoms. The molecule has 3 atom stereocenters. The third kappa shape index (κ3) is 7.56. The van der Waals surface area contributed by atoms with Crippen LogP contribution in [0.4, 0.5) is 0 Å². The monoisotopic (exact) mass is 559 g/mol. The maximum atomic E-state index is 13.0. The van der Waals surface area contributed by atoms with Gasteiger partial charge in [-0.05, 0) is 29.0 Å². The predicted molar refractivity (Wildman–Crippen MR) is 155 cm³/mol. The third-order valence-electron chi connectivity index (χ3n) is 7.35. The number of nitrogens with one attached hydrogen (secondary N) is 1. The summed E-state index contributed by atoms with van der Waals surface area (Å²) in [7, 11) is -1.30. The highest BCUT2D eigenvalue weighted by molar-refractivity contribution is 6.78. The van der Waals surface area contributed by atoms with Gasteiger partial charge in [0.15, 0.2) is 0 Å². The Hall–Kier alpha value is -2.53. The standard InChI is InChI=1S/C29H45N3O6Si/c1-19-17-32(25-16-22(34)23(18-33)38-25)27(37)31(26(19)36)14-8-13-30-24(35)15-20-9-11-21(12-10-20)39(28(2,3)4)29(5,6)7/h9-12,17,22-23,25,33-34,39H,8,13-16,18H2,1-7H3,(H,30,35). The van der Waals surface area contributed by atoms with Gasteiger partial charge in [0.2, 0.25) is 5.91 Å². The number of amides is 1. The fourth-order valence-corrected chi connectivity index (χ4v) is 11.2. The van der Waals surface area contributed by atoms with Gasteiger partial charge in [0.25, 0.3) is 5.56 Å². The van der Waals surface area contributed by atoms with E-state index in [2.05, 4.69) is 59.0 Å². The predicted octanol–water partition coefficient (Wildman–Crippen LogP) is 1.74. The van der Waals surface area contributed by atoms with Crippen molar-refractivity contribution in [2.75, 3.05) is 13.2 Å². The van der Waals surface area contributed by atoms with Crippen molar-refractivity contribution in [1.29, 1.82) is 0 Å². The number of rotatable bonds is 9. The van der Waals surface area contributed by atoms with Crippen LogP contribution in [0.15, 0.2) is 40.1 Å². The van der Waals surface area contributed by atoms with E-state index in [4.69, 9.17) is 4.74 Å². The lowest BCUT2D eigenvalue weighted by molar-refractivity contribution is -0.120. The SMILES string of the molecule is Cc1cn(C2CC(O)C(CO)O2)c(=O)n(CCCNC(=O)Cc2ccc([SiH](C(C)(C)C)C(C)(C)C)cc2)c1=O. The van der Waals surface area contributed by atoms with Crippen molar-refractivity contribution >= 4 is 19.9 Å². The van der Waals surface area contributed by atoms with Crippen molar-refractivity contribution in [3.8, 4) is 0 Å². The van der Waals surface area contributed by atoms with Gasteiger partial charge in [-0.2, -0.15) is 0 Å². The van der Waals surface area contributed by atoms with Crippen LogP contribution in [0.3, 0.4) is 0 Å². The number of hydrogen-bond acceptors (Lipinski definition) is 6. The Morgan fingerprint density at radius 3 is 2.26 bits per heavy atom. The summed E-state index contributed by atoms with van der Waals surface area (Å²) in [6, 6.07) is 8.46. The van der Waals surface area contributed by atoms with E-state index in [1.165, 1.54) is 16.0 Å². The highest BCUT2D eigenvalue weighted by Gasteiger charge is 2.38. The van der Waals surface area contributed by atoms with Crippen LogP contribution in [0.25, 0.3) is 0 Å². The normalized spacial score (nSPS) is 20.0. The van der Waals surface area contributed by atoms with E-state index in [1.807, 2.05) is 12.1 Å². The van der Waals surface area contributed by atoms with Crippen molar-refractivity contribution in [2.45, 2.75) is 103 Å². The number of ether oxygens (including phenoxy) is 1. The minimum atomic E-state index is -1.30. The summed E-state index contributed by atoms with van der Waals surface area (Å²) in [5.41, 5.74) is 0.382. The van der Waals surface area contributed by atoms with Gasteiger partial charge in [0, 0.05) is 31.3 Å². The summed E-state index contributed by atoms with van der Waals surface area (Å²) in [5, 5.41) is 24.1. The van der Waals surface area contributed by atoms with Gasteiger partial charge in [-0.1, -0.05) is 71.0 Å². The molecule has 3 unspecified atom stereocenters. The van der Waals surface area contributed by atoms with Crippen molar-refractivity contribution in [2.24, 2.45) is 0 Å². The zero-order valence-corrected chi connectivity index (χ0v) is 25.5. The summed E-state index contributed by atoms with van der Waals surface area (Å²) >= 11 is 0. The number of aliphatic hydroxyl groups is 2. The van der Waals surface area contributed by atoms with E-state index in [0.29, 0.717) is 18.5 Å². The molecule has 1 aliphatic rings. The van der Waals surface area contributed by atoms with Gasteiger partial charge in [0.1, 0.15) is 12.3 Å². The molecule has 216 valence electrons. The molecule has 0 saturated carbocycles. The Bertz CT molecular complexity index is 1240. The molecular weight excluding hydrogens is 514 g/mol. The van der Waals surface area contributed by atoms with Crippen molar-refractivity contribution < 1.29 is 19.7 Å². The smallest absolute Gasteiger partial charge is 0.333 e. The Morgan fingerprint density at radius 1 is 1.10 bits per heavy atom. The molecule has 0 spiro atoms. The van der Waals surface area contributed by atoms with Crippen LogP contribution < -0.4 is 21.8 Å². The summed E-state index contributed by atoms with van der Waals surface area (Å²) in [6.07, 6.45) is -0.169. The first-order valence-electron chi connectivity index (χ1n) is 13.8. The number of carbonyl (C=O) groups excluding carboxylic acids is 1. The number of aryl methyl sites for hydroxylation is 1. The average Bonchev–Trinajstić information content (AvgIpc) is 3.20. The lowest BCUT2D eigenvalue weighted by Crippen LogP contribution is -2.45. The van der Waals surface area contributed by atoms with E-state index < -0.39 is 38.5 Å². The zero-order valence-electron chi connectivity index (χ0n) is 24.4. The van der Waals surface area contributed by atoms with Gasteiger partial charge < -0.3 is 20.3 Å². The molecule has 1 aromatic carbocycles. The van der Waals surface area contributed by atoms with Gasteiger partial charge in [-0.15, -0.1) is 0 Å². The Morgan fingerprint density at radius 2 is 1.72 bits per heavy atom. The molecular formula is C29H45N3O6Si. The number of aromatic nitrogens is 2. The molecule has 1 fully saturated rings. The lowest BCUT2D eigenvalue weighted by Gasteiger charge is -2.39. The van der Waals surface area contributed by atoms with Crippen LogP contribution in [-0.2, 0) is 22.5 Å². The molecule has 10 heteroatoms. The average molecular weight is 560 g/mol. The fourth-order valence-electron chi connectivity index (χ4n) is 6.05. The number of aliphatic hydroxyl groups excluding tert-OH is 2. The molecule has 0 aliphatic carbocycles. The molecule has 3 N–H and O–H groups in total. The highest BCUT2D eigenvalue weighted by Crippen LogP contribution is 2.41.